The zero-order valence-electron chi connectivity index (χ0n) is 8.09. The van der Waals surface area contributed by atoms with Gasteiger partial charge >= 0.3 is 0 Å². The molecular formula is C9H13NO4S. The molecule has 84 valence electrons. The molecule has 0 amide bonds. The van der Waals surface area contributed by atoms with Gasteiger partial charge in [0.15, 0.2) is 9.84 Å². The lowest BCUT2D eigenvalue weighted by molar-refractivity contribution is 0.165. The molecule has 2 atom stereocenters. The van der Waals surface area contributed by atoms with Crippen LogP contribution in [-0.4, -0.2) is 37.2 Å². The number of nitrogens with one attached hydrogen (secondary N) is 1. The summed E-state index contributed by atoms with van der Waals surface area (Å²) in [6, 6.07) is 1.42. The van der Waals surface area contributed by atoms with Crippen LogP contribution in [0.15, 0.2) is 23.0 Å². The van der Waals surface area contributed by atoms with E-state index in [1.165, 1.54) is 0 Å². The molecule has 1 saturated heterocycles. The highest BCUT2D eigenvalue weighted by Crippen LogP contribution is 2.13. The highest BCUT2D eigenvalue weighted by atomic mass is 32.2. The number of sulfone groups is 1. The van der Waals surface area contributed by atoms with Gasteiger partial charge in [-0.2, -0.15) is 0 Å². The largest absolute Gasteiger partial charge is 0.472 e. The number of rotatable bonds is 3. The van der Waals surface area contributed by atoms with E-state index in [2.05, 4.69) is 5.32 Å². The predicted octanol–water partition coefficient (Wildman–Crippen LogP) is -0.473. The third-order valence-corrected chi connectivity index (χ3v) is 4.19. The minimum Gasteiger partial charge on any atom is -0.472 e. The van der Waals surface area contributed by atoms with Crippen LogP contribution >= 0.6 is 0 Å². The van der Waals surface area contributed by atoms with Gasteiger partial charge < -0.3 is 14.8 Å². The maximum atomic E-state index is 11.2. The Morgan fingerprint density at radius 2 is 2.33 bits per heavy atom. The SMILES string of the molecule is O=S1(=O)CC(O)C(NCc2ccoc2)C1. The fourth-order valence-electron chi connectivity index (χ4n) is 1.67. The van der Waals surface area contributed by atoms with Gasteiger partial charge in [0.1, 0.15) is 0 Å². The Hall–Kier alpha value is -0.850. The van der Waals surface area contributed by atoms with E-state index < -0.39 is 15.9 Å². The van der Waals surface area contributed by atoms with E-state index in [1.807, 2.05) is 0 Å². The Labute approximate surface area is 88.0 Å². The van der Waals surface area contributed by atoms with Crippen LogP contribution in [0.2, 0.25) is 0 Å². The van der Waals surface area contributed by atoms with Crippen LogP contribution in [0.5, 0.6) is 0 Å². The van der Waals surface area contributed by atoms with Crippen LogP contribution in [-0.2, 0) is 16.4 Å². The minimum atomic E-state index is -3.07. The Morgan fingerprint density at radius 3 is 2.87 bits per heavy atom. The second-order valence-corrected chi connectivity index (χ2v) is 5.92. The van der Waals surface area contributed by atoms with Crippen molar-refractivity contribution in [1.29, 1.82) is 0 Å². The molecule has 2 heterocycles. The zero-order valence-corrected chi connectivity index (χ0v) is 8.90. The summed E-state index contributed by atoms with van der Waals surface area (Å²) in [6.07, 6.45) is 2.34. The molecule has 0 saturated carbocycles. The lowest BCUT2D eigenvalue weighted by Crippen LogP contribution is -2.38. The van der Waals surface area contributed by atoms with Crippen LogP contribution in [0.25, 0.3) is 0 Å². The molecule has 15 heavy (non-hydrogen) atoms. The van der Waals surface area contributed by atoms with Gasteiger partial charge in [-0.25, -0.2) is 8.42 Å². The van der Waals surface area contributed by atoms with Crippen LogP contribution in [0, 0.1) is 0 Å². The first-order chi connectivity index (χ1) is 7.07. The highest BCUT2D eigenvalue weighted by molar-refractivity contribution is 7.91. The maximum Gasteiger partial charge on any atom is 0.154 e. The summed E-state index contributed by atoms with van der Waals surface area (Å²) in [7, 11) is -3.07. The number of aliphatic hydroxyl groups excluding tert-OH is 1. The van der Waals surface area contributed by atoms with Crippen molar-refractivity contribution in [3.05, 3.63) is 24.2 Å². The van der Waals surface area contributed by atoms with Crippen LogP contribution < -0.4 is 5.32 Å². The molecule has 2 unspecified atom stereocenters. The molecule has 0 radical (unpaired) electrons. The smallest absolute Gasteiger partial charge is 0.154 e. The molecule has 2 N–H and O–H groups in total. The monoisotopic (exact) mass is 231 g/mol. The number of furan rings is 1. The van der Waals surface area contributed by atoms with Gasteiger partial charge in [0.25, 0.3) is 0 Å². The molecule has 1 aromatic heterocycles. The molecule has 6 heteroatoms. The summed E-state index contributed by atoms with van der Waals surface area (Å²) in [4.78, 5) is 0. The molecule has 5 nitrogen and oxygen atoms in total. The molecule has 1 aliphatic heterocycles. The van der Waals surface area contributed by atoms with Gasteiger partial charge in [0.2, 0.25) is 0 Å². The van der Waals surface area contributed by atoms with Gasteiger partial charge in [-0.15, -0.1) is 0 Å². The summed E-state index contributed by atoms with van der Waals surface area (Å²) < 4.78 is 27.3. The Bertz CT molecular complexity index is 411. The molecule has 1 fully saturated rings. The van der Waals surface area contributed by atoms with Gasteiger partial charge in [-0.05, 0) is 6.07 Å². The first kappa shape index (κ1) is 10.7. The molecule has 0 aromatic carbocycles. The lowest BCUT2D eigenvalue weighted by atomic mass is 10.2. The van der Waals surface area contributed by atoms with Crippen molar-refractivity contribution < 1.29 is 17.9 Å². The fourth-order valence-corrected chi connectivity index (χ4v) is 3.44. The quantitative estimate of drug-likeness (QED) is 0.735. The van der Waals surface area contributed by atoms with E-state index in [0.29, 0.717) is 6.54 Å². The molecule has 0 aliphatic carbocycles. The fraction of sp³-hybridized carbons (Fsp3) is 0.556. The first-order valence-corrected chi connectivity index (χ1v) is 6.52. The van der Waals surface area contributed by atoms with Crippen LogP contribution in [0.4, 0.5) is 0 Å². The summed E-state index contributed by atoms with van der Waals surface area (Å²) in [5.74, 6) is -0.137. The number of aliphatic hydroxyl groups is 1. The van der Waals surface area contributed by atoms with Crippen molar-refractivity contribution in [2.45, 2.75) is 18.7 Å². The third-order valence-electron chi connectivity index (χ3n) is 2.47. The Kier molecular flexibility index (Phi) is 2.81. The molecule has 1 aliphatic rings. The maximum absolute atomic E-state index is 11.2. The van der Waals surface area contributed by atoms with Crippen molar-refractivity contribution in [3.63, 3.8) is 0 Å². The molecule has 2 rings (SSSR count). The minimum absolute atomic E-state index is 0.00597. The van der Waals surface area contributed by atoms with E-state index >= 15 is 0 Å². The standard InChI is InChI=1S/C9H13NO4S/c11-9-6-15(12,13)5-8(9)10-3-7-1-2-14-4-7/h1-2,4,8-11H,3,5-6H2. The average molecular weight is 231 g/mol. The van der Waals surface area contributed by atoms with E-state index in [4.69, 9.17) is 4.42 Å². The van der Waals surface area contributed by atoms with Crippen molar-refractivity contribution >= 4 is 9.84 Å². The van der Waals surface area contributed by atoms with Gasteiger partial charge in [-0.3, -0.25) is 0 Å². The van der Waals surface area contributed by atoms with Crippen molar-refractivity contribution in [2.75, 3.05) is 11.5 Å². The first-order valence-electron chi connectivity index (χ1n) is 4.70. The van der Waals surface area contributed by atoms with Gasteiger partial charge in [0, 0.05) is 18.2 Å². The molecular weight excluding hydrogens is 218 g/mol. The molecule has 0 spiro atoms. The summed E-state index contributed by atoms with van der Waals surface area (Å²) in [6.45, 7) is 0.508. The summed E-state index contributed by atoms with van der Waals surface area (Å²) in [5.41, 5.74) is 0.937. The van der Waals surface area contributed by atoms with E-state index in [1.54, 1.807) is 18.6 Å². The summed E-state index contributed by atoms with van der Waals surface area (Å²) >= 11 is 0. The molecule has 1 aromatic rings. The highest BCUT2D eigenvalue weighted by Gasteiger charge is 2.35. The Morgan fingerprint density at radius 1 is 1.53 bits per heavy atom. The van der Waals surface area contributed by atoms with E-state index in [9.17, 15) is 13.5 Å². The second-order valence-electron chi connectivity index (χ2n) is 3.76. The van der Waals surface area contributed by atoms with Crippen molar-refractivity contribution in [2.24, 2.45) is 0 Å². The predicted molar refractivity (Wildman–Crippen MR) is 54.0 cm³/mol. The van der Waals surface area contributed by atoms with E-state index in [0.717, 1.165) is 5.56 Å². The van der Waals surface area contributed by atoms with Gasteiger partial charge in [0.05, 0.1) is 30.1 Å². The lowest BCUT2D eigenvalue weighted by Gasteiger charge is -2.13. The molecule has 0 bridgehead atoms. The van der Waals surface area contributed by atoms with Crippen LogP contribution in [0.1, 0.15) is 5.56 Å². The zero-order chi connectivity index (χ0) is 10.9. The second kappa shape index (κ2) is 3.96. The average Bonchev–Trinajstić information content (AvgIpc) is 2.70. The van der Waals surface area contributed by atoms with Crippen molar-refractivity contribution in [3.8, 4) is 0 Å². The third kappa shape index (κ3) is 2.58. The topological polar surface area (TPSA) is 79.5 Å². The normalized spacial score (nSPS) is 29.4. The van der Waals surface area contributed by atoms with Crippen LogP contribution in [0.3, 0.4) is 0 Å². The number of hydrogen-bond acceptors (Lipinski definition) is 5. The number of hydrogen-bond donors (Lipinski definition) is 2. The summed E-state index contributed by atoms with van der Waals surface area (Å²) in [5, 5.41) is 12.5. The van der Waals surface area contributed by atoms with E-state index in [-0.39, 0.29) is 17.5 Å². The Balaban J connectivity index is 1.91. The van der Waals surface area contributed by atoms with Gasteiger partial charge in [-0.1, -0.05) is 0 Å². The van der Waals surface area contributed by atoms with Crippen molar-refractivity contribution in [1.82, 2.24) is 5.32 Å².